The molecule has 6 rings (SSSR count). The van der Waals surface area contributed by atoms with Crippen molar-refractivity contribution in [2.75, 3.05) is 7.05 Å². The number of benzene rings is 3. The van der Waals surface area contributed by atoms with Gasteiger partial charge in [0.2, 0.25) is 0 Å². The SMILES string of the molecule is C#CC1(NC(=O)c2cccc(-c3cc4c(C(=O)NC)c(-c5ccc(F)cc5)oc4c4cc[nH]c34)c2)CCCCC1. The van der Waals surface area contributed by atoms with E-state index >= 15 is 0 Å². The van der Waals surface area contributed by atoms with Gasteiger partial charge in [-0.3, -0.25) is 9.59 Å². The van der Waals surface area contributed by atoms with Gasteiger partial charge in [-0.25, -0.2) is 4.39 Å². The number of terminal acetylenes is 1. The van der Waals surface area contributed by atoms with Gasteiger partial charge < -0.3 is 20.0 Å². The Bertz CT molecular complexity index is 1800. The molecule has 0 atom stereocenters. The number of H-pyrrole nitrogens is 1. The topological polar surface area (TPSA) is 87.1 Å². The molecule has 0 saturated heterocycles. The van der Waals surface area contributed by atoms with Crippen LogP contribution >= 0.6 is 0 Å². The third-order valence-electron chi connectivity index (χ3n) is 7.83. The molecular formula is C33H28FN3O3. The van der Waals surface area contributed by atoms with Gasteiger partial charge >= 0.3 is 0 Å². The Morgan fingerprint density at radius 3 is 2.48 bits per heavy atom. The fraction of sp³-hybridized carbons (Fsp3) is 0.212. The van der Waals surface area contributed by atoms with E-state index in [0.717, 1.165) is 54.1 Å². The van der Waals surface area contributed by atoms with Crippen LogP contribution in [-0.4, -0.2) is 29.4 Å². The molecular weight excluding hydrogens is 505 g/mol. The minimum absolute atomic E-state index is 0.210. The number of carbonyl (C=O) groups excluding carboxylic acids is 2. The highest BCUT2D eigenvalue weighted by atomic mass is 19.1. The molecule has 1 aliphatic carbocycles. The second kappa shape index (κ2) is 10.0. The van der Waals surface area contributed by atoms with Crippen molar-refractivity contribution in [3.63, 3.8) is 0 Å². The van der Waals surface area contributed by atoms with Gasteiger partial charge in [0.1, 0.15) is 22.7 Å². The lowest BCUT2D eigenvalue weighted by molar-refractivity contribution is 0.0902. The van der Waals surface area contributed by atoms with Crippen molar-refractivity contribution in [3.05, 3.63) is 83.8 Å². The molecule has 200 valence electrons. The average molecular weight is 534 g/mol. The molecule has 2 amide bonds. The summed E-state index contributed by atoms with van der Waals surface area (Å²) in [6, 6.07) is 17.0. The second-order valence-corrected chi connectivity index (χ2v) is 10.3. The number of aromatic amines is 1. The van der Waals surface area contributed by atoms with Crippen LogP contribution in [0.3, 0.4) is 0 Å². The highest BCUT2D eigenvalue weighted by molar-refractivity contribution is 6.19. The van der Waals surface area contributed by atoms with Crippen LogP contribution in [0.1, 0.15) is 52.8 Å². The third kappa shape index (κ3) is 4.32. The summed E-state index contributed by atoms with van der Waals surface area (Å²) in [5.41, 5.74) is 3.78. The Morgan fingerprint density at radius 2 is 1.75 bits per heavy atom. The van der Waals surface area contributed by atoms with E-state index in [1.165, 1.54) is 12.1 Å². The molecule has 0 aliphatic heterocycles. The number of fused-ring (bicyclic) bond motifs is 3. The molecule has 1 aliphatic rings. The molecule has 0 bridgehead atoms. The van der Waals surface area contributed by atoms with Crippen LogP contribution in [0.15, 0.2) is 71.3 Å². The molecule has 2 heterocycles. The third-order valence-corrected chi connectivity index (χ3v) is 7.83. The van der Waals surface area contributed by atoms with Gasteiger partial charge in [-0.1, -0.05) is 37.3 Å². The van der Waals surface area contributed by atoms with E-state index in [1.807, 2.05) is 36.5 Å². The Labute approximate surface area is 231 Å². The lowest BCUT2D eigenvalue weighted by atomic mass is 9.82. The second-order valence-electron chi connectivity index (χ2n) is 10.3. The maximum Gasteiger partial charge on any atom is 0.255 e. The van der Waals surface area contributed by atoms with E-state index in [-0.39, 0.29) is 17.6 Å². The lowest BCUT2D eigenvalue weighted by Crippen LogP contribution is -2.48. The number of furan rings is 1. The van der Waals surface area contributed by atoms with Crippen molar-refractivity contribution < 1.29 is 18.4 Å². The van der Waals surface area contributed by atoms with Crippen molar-refractivity contribution in [2.24, 2.45) is 0 Å². The van der Waals surface area contributed by atoms with Crippen molar-refractivity contribution in [2.45, 2.75) is 37.6 Å². The Morgan fingerprint density at radius 1 is 0.975 bits per heavy atom. The van der Waals surface area contributed by atoms with E-state index in [0.29, 0.717) is 33.4 Å². The molecule has 2 aromatic heterocycles. The molecule has 6 nitrogen and oxygen atoms in total. The van der Waals surface area contributed by atoms with Crippen molar-refractivity contribution in [1.82, 2.24) is 15.6 Å². The smallest absolute Gasteiger partial charge is 0.255 e. The van der Waals surface area contributed by atoms with Crippen LogP contribution in [0.5, 0.6) is 0 Å². The zero-order valence-corrected chi connectivity index (χ0v) is 22.1. The van der Waals surface area contributed by atoms with Gasteiger partial charge in [-0.05, 0) is 66.9 Å². The number of amides is 2. The van der Waals surface area contributed by atoms with E-state index in [2.05, 4.69) is 21.5 Å². The van der Waals surface area contributed by atoms with Crippen molar-refractivity contribution in [1.29, 1.82) is 0 Å². The van der Waals surface area contributed by atoms with E-state index in [4.69, 9.17) is 10.8 Å². The normalized spacial score (nSPS) is 14.6. The zero-order valence-electron chi connectivity index (χ0n) is 22.1. The summed E-state index contributed by atoms with van der Waals surface area (Å²) in [6.45, 7) is 0. The molecule has 5 aromatic rings. The number of nitrogens with one attached hydrogen (secondary N) is 3. The first-order valence-electron chi connectivity index (χ1n) is 13.4. The van der Waals surface area contributed by atoms with Crippen molar-refractivity contribution in [3.8, 4) is 34.8 Å². The van der Waals surface area contributed by atoms with Gasteiger partial charge in [0, 0.05) is 40.7 Å². The van der Waals surface area contributed by atoms with Gasteiger partial charge in [-0.15, -0.1) is 6.42 Å². The van der Waals surface area contributed by atoms with E-state index in [1.54, 1.807) is 25.2 Å². The summed E-state index contributed by atoms with van der Waals surface area (Å²) in [5.74, 6) is 2.29. The molecule has 0 spiro atoms. The molecule has 0 unspecified atom stereocenters. The van der Waals surface area contributed by atoms with Gasteiger partial charge in [0.15, 0.2) is 0 Å². The maximum absolute atomic E-state index is 13.6. The molecule has 7 heteroatoms. The lowest BCUT2D eigenvalue weighted by Gasteiger charge is -2.33. The zero-order chi connectivity index (χ0) is 27.9. The van der Waals surface area contributed by atoms with Crippen LogP contribution in [0.25, 0.3) is 44.3 Å². The maximum atomic E-state index is 13.6. The largest absolute Gasteiger partial charge is 0.454 e. The highest BCUT2D eigenvalue weighted by Crippen LogP contribution is 2.41. The molecule has 3 N–H and O–H groups in total. The molecule has 3 aromatic carbocycles. The minimum atomic E-state index is -0.618. The first-order chi connectivity index (χ1) is 19.4. The molecule has 1 saturated carbocycles. The first-order valence-corrected chi connectivity index (χ1v) is 13.4. The summed E-state index contributed by atoms with van der Waals surface area (Å²) < 4.78 is 19.9. The van der Waals surface area contributed by atoms with Crippen molar-refractivity contribution >= 4 is 33.7 Å². The fourth-order valence-electron chi connectivity index (χ4n) is 5.74. The van der Waals surface area contributed by atoms with Gasteiger partial charge in [-0.2, -0.15) is 0 Å². The first kappa shape index (κ1) is 25.4. The van der Waals surface area contributed by atoms with Gasteiger partial charge in [0.05, 0.1) is 11.1 Å². The fourth-order valence-corrected chi connectivity index (χ4v) is 5.74. The molecule has 1 fully saturated rings. The number of rotatable bonds is 5. The molecule has 0 radical (unpaired) electrons. The predicted octanol–water partition coefficient (Wildman–Crippen LogP) is 6.81. The number of halogens is 1. The van der Waals surface area contributed by atoms with Crippen LogP contribution in [0.2, 0.25) is 0 Å². The summed E-state index contributed by atoms with van der Waals surface area (Å²) >= 11 is 0. The van der Waals surface area contributed by atoms with Crippen LogP contribution < -0.4 is 10.6 Å². The number of carbonyl (C=O) groups is 2. The van der Waals surface area contributed by atoms with Crippen LogP contribution in [-0.2, 0) is 0 Å². The quantitative estimate of drug-likeness (QED) is 0.217. The Hall–Kier alpha value is -4.83. The summed E-state index contributed by atoms with van der Waals surface area (Å²) in [4.78, 5) is 29.8. The number of hydrogen-bond donors (Lipinski definition) is 3. The van der Waals surface area contributed by atoms with Gasteiger partial charge in [0.25, 0.3) is 11.8 Å². The van der Waals surface area contributed by atoms with E-state index < -0.39 is 5.54 Å². The van der Waals surface area contributed by atoms with Crippen LogP contribution in [0.4, 0.5) is 4.39 Å². The Kier molecular flexibility index (Phi) is 6.39. The summed E-state index contributed by atoms with van der Waals surface area (Å²) in [7, 11) is 1.56. The molecule has 40 heavy (non-hydrogen) atoms. The Balaban J connectivity index is 1.49. The summed E-state index contributed by atoms with van der Waals surface area (Å²) in [5, 5.41) is 7.22. The van der Waals surface area contributed by atoms with E-state index in [9.17, 15) is 14.0 Å². The minimum Gasteiger partial charge on any atom is -0.454 e. The number of aromatic nitrogens is 1. The monoisotopic (exact) mass is 533 g/mol. The average Bonchev–Trinajstić information content (AvgIpc) is 3.62. The predicted molar refractivity (Wildman–Crippen MR) is 154 cm³/mol. The van der Waals surface area contributed by atoms with Crippen LogP contribution in [0, 0.1) is 18.2 Å². The number of hydrogen-bond acceptors (Lipinski definition) is 3. The standard InChI is InChI=1S/C33H28FN3O3/c1-3-33(15-5-4-6-16-33)37-31(38)22-9-7-8-21(18-22)25-19-26-27(32(39)35-2)29(20-10-12-23(34)13-11-20)40-30(26)24-14-17-36-28(24)25/h1,7-14,17-19,36H,4-6,15-16H2,2H3,(H,35,39)(H,37,38). The highest BCUT2D eigenvalue weighted by Gasteiger charge is 2.32. The summed E-state index contributed by atoms with van der Waals surface area (Å²) in [6.07, 6.45) is 12.3.